The minimum atomic E-state index is -0.697. The zero-order valence-electron chi connectivity index (χ0n) is 13.9. The van der Waals surface area contributed by atoms with E-state index in [0.717, 1.165) is 21.5 Å². The van der Waals surface area contributed by atoms with E-state index in [1.54, 1.807) is 12.1 Å². The molecule has 0 saturated carbocycles. The Morgan fingerprint density at radius 1 is 0.593 bits per heavy atom. The minimum Gasteiger partial charge on any atom is -0.386 e. The predicted molar refractivity (Wildman–Crippen MR) is 113 cm³/mol. The number of hydrogen-bond acceptors (Lipinski definition) is 3. The largest absolute Gasteiger partial charge is 0.386 e. The number of benzene rings is 4. The van der Waals surface area contributed by atoms with Crippen molar-refractivity contribution in [3.05, 3.63) is 92.9 Å². The summed E-state index contributed by atoms with van der Waals surface area (Å²) < 4.78 is 6.36. The third kappa shape index (κ3) is 3.29. The van der Waals surface area contributed by atoms with Crippen LogP contribution in [0.5, 0.6) is 0 Å². The smallest absolute Gasteiger partial charge is 0.347 e. The Morgan fingerprint density at radius 2 is 1.00 bits per heavy atom. The van der Waals surface area contributed by atoms with Crippen LogP contribution < -0.4 is 0 Å². The molecule has 0 aromatic heterocycles. The second-order valence-corrected chi connectivity index (χ2v) is 7.56. The standard InChI is InChI=1S/C22H12Br2O3/c23-19-15-7-3-1-5-13(15)9-11-17(19)21(25)27-22(26)18-12-10-14-6-2-4-8-16(14)20(18)24/h1-12H. The highest BCUT2D eigenvalue weighted by Gasteiger charge is 2.21. The fourth-order valence-electron chi connectivity index (χ4n) is 2.98. The number of ether oxygens (including phenoxy) is 1. The molecule has 4 aromatic rings. The molecule has 27 heavy (non-hydrogen) atoms. The van der Waals surface area contributed by atoms with Gasteiger partial charge in [0.2, 0.25) is 0 Å². The molecule has 0 unspecified atom stereocenters. The van der Waals surface area contributed by atoms with E-state index >= 15 is 0 Å². The van der Waals surface area contributed by atoms with Gasteiger partial charge in [0.05, 0.1) is 11.1 Å². The molecule has 0 saturated heterocycles. The van der Waals surface area contributed by atoms with Crippen LogP contribution in [-0.4, -0.2) is 11.9 Å². The molecule has 0 atom stereocenters. The van der Waals surface area contributed by atoms with E-state index in [4.69, 9.17) is 4.74 Å². The van der Waals surface area contributed by atoms with Crippen molar-refractivity contribution in [2.45, 2.75) is 0 Å². The first-order valence-corrected chi connectivity index (χ1v) is 9.76. The van der Waals surface area contributed by atoms with Crippen LogP contribution in [0.4, 0.5) is 0 Å². The van der Waals surface area contributed by atoms with Crippen molar-refractivity contribution in [3.8, 4) is 0 Å². The van der Waals surface area contributed by atoms with Gasteiger partial charge in [0.25, 0.3) is 0 Å². The van der Waals surface area contributed by atoms with E-state index in [9.17, 15) is 9.59 Å². The van der Waals surface area contributed by atoms with Gasteiger partial charge < -0.3 is 4.74 Å². The van der Waals surface area contributed by atoms with Crippen molar-refractivity contribution in [2.24, 2.45) is 0 Å². The normalized spacial score (nSPS) is 10.9. The van der Waals surface area contributed by atoms with E-state index in [1.165, 1.54) is 0 Å². The Morgan fingerprint density at radius 3 is 1.44 bits per heavy atom. The summed E-state index contributed by atoms with van der Waals surface area (Å²) in [5.41, 5.74) is 0.609. The van der Waals surface area contributed by atoms with Crippen molar-refractivity contribution >= 4 is 65.3 Å². The third-order valence-electron chi connectivity index (χ3n) is 4.35. The third-order valence-corrected chi connectivity index (χ3v) is 6.06. The van der Waals surface area contributed by atoms with E-state index in [1.807, 2.05) is 60.7 Å². The Hall–Kier alpha value is -2.50. The summed E-state index contributed by atoms with van der Waals surface area (Å²) >= 11 is 6.91. The van der Waals surface area contributed by atoms with Gasteiger partial charge in [-0.3, -0.25) is 0 Å². The van der Waals surface area contributed by atoms with Gasteiger partial charge in [-0.05, 0) is 65.5 Å². The Kier molecular flexibility index (Phi) is 4.81. The first-order chi connectivity index (χ1) is 13.1. The summed E-state index contributed by atoms with van der Waals surface area (Å²) in [6, 6.07) is 22.3. The van der Waals surface area contributed by atoms with Crippen LogP contribution in [0.15, 0.2) is 81.7 Å². The van der Waals surface area contributed by atoms with Crippen LogP contribution in [0.3, 0.4) is 0 Å². The molecule has 0 aliphatic heterocycles. The number of esters is 2. The first kappa shape index (κ1) is 17.9. The van der Waals surface area contributed by atoms with E-state index in [0.29, 0.717) is 20.1 Å². The maximum atomic E-state index is 12.6. The fraction of sp³-hybridized carbons (Fsp3) is 0. The Bertz CT molecular complexity index is 1120. The maximum Gasteiger partial charge on any atom is 0.347 e. The van der Waals surface area contributed by atoms with Gasteiger partial charge in [-0.2, -0.15) is 0 Å². The second kappa shape index (κ2) is 7.25. The highest BCUT2D eigenvalue weighted by Crippen LogP contribution is 2.30. The Balaban J connectivity index is 1.66. The van der Waals surface area contributed by atoms with Crippen LogP contribution in [0, 0.1) is 0 Å². The van der Waals surface area contributed by atoms with Crippen molar-refractivity contribution in [2.75, 3.05) is 0 Å². The molecule has 4 aromatic carbocycles. The van der Waals surface area contributed by atoms with Gasteiger partial charge in [0.1, 0.15) is 0 Å². The molecule has 0 amide bonds. The molecule has 0 aliphatic carbocycles. The molecule has 0 N–H and O–H groups in total. The number of fused-ring (bicyclic) bond motifs is 2. The lowest BCUT2D eigenvalue weighted by molar-refractivity contribution is 0.0397. The SMILES string of the molecule is O=C(OC(=O)c1ccc2ccccc2c1Br)c1ccc2ccccc2c1Br. The first-order valence-electron chi connectivity index (χ1n) is 8.17. The molecule has 0 fully saturated rings. The number of halogens is 2. The molecule has 5 heteroatoms. The molecule has 0 radical (unpaired) electrons. The monoisotopic (exact) mass is 482 g/mol. The minimum absolute atomic E-state index is 0.305. The lowest BCUT2D eigenvalue weighted by atomic mass is 10.1. The number of carbonyl (C=O) groups excluding carboxylic acids is 2. The molecule has 132 valence electrons. The zero-order valence-corrected chi connectivity index (χ0v) is 17.1. The average molecular weight is 484 g/mol. The average Bonchev–Trinajstić information content (AvgIpc) is 2.68. The van der Waals surface area contributed by atoms with Crippen LogP contribution in [-0.2, 0) is 4.74 Å². The summed E-state index contributed by atoms with van der Waals surface area (Å²) in [5, 5.41) is 3.74. The number of rotatable bonds is 2. The van der Waals surface area contributed by atoms with Gasteiger partial charge in [0, 0.05) is 8.95 Å². The Labute approximate surface area is 172 Å². The van der Waals surface area contributed by atoms with Gasteiger partial charge in [-0.25, -0.2) is 9.59 Å². The van der Waals surface area contributed by atoms with Crippen LogP contribution >= 0.6 is 31.9 Å². The molecular formula is C22H12Br2O3. The summed E-state index contributed by atoms with van der Waals surface area (Å²) in [6.45, 7) is 0. The van der Waals surface area contributed by atoms with Gasteiger partial charge in [-0.1, -0.05) is 60.7 Å². The van der Waals surface area contributed by atoms with Crippen molar-refractivity contribution in [1.82, 2.24) is 0 Å². The summed E-state index contributed by atoms with van der Waals surface area (Å²) in [4.78, 5) is 25.2. The lowest BCUT2D eigenvalue weighted by Gasteiger charge is -2.09. The topological polar surface area (TPSA) is 43.4 Å². The lowest BCUT2D eigenvalue weighted by Crippen LogP contribution is -2.14. The van der Waals surface area contributed by atoms with E-state index in [-0.39, 0.29) is 0 Å². The maximum absolute atomic E-state index is 12.6. The van der Waals surface area contributed by atoms with Crippen molar-refractivity contribution < 1.29 is 14.3 Å². The molecule has 0 bridgehead atoms. The van der Waals surface area contributed by atoms with Crippen molar-refractivity contribution in [1.29, 1.82) is 0 Å². The fourth-order valence-corrected chi connectivity index (χ4v) is 4.29. The van der Waals surface area contributed by atoms with Crippen LogP contribution in [0.25, 0.3) is 21.5 Å². The second-order valence-electron chi connectivity index (χ2n) is 5.97. The molecule has 0 aliphatic rings. The number of hydrogen-bond donors (Lipinski definition) is 0. The zero-order chi connectivity index (χ0) is 19.0. The van der Waals surface area contributed by atoms with Crippen LogP contribution in [0.2, 0.25) is 0 Å². The molecule has 0 spiro atoms. The van der Waals surface area contributed by atoms with Gasteiger partial charge >= 0.3 is 11.9 Å². The quantitative estimate of drug-likeness (QED) is 0.241. The predicted octanol–water partition coefficient (Wildman–Crippen LogP) is 6.52. The van der Waals surface area contributed by atoms with E-state index in [2.05, 4.69) is 31.9 Å². The molecule has 3 nitrogen and oxygen atoms in total. The summed E-state index contributed by atoms with van der Waals surface area (Å²) in [5.74, 6) is -1.39. The summed E-state index contributed by atoms with van der Waals surface area (Å²) in [6.07, 6.45) is 0. The summed E-state index contributed by atoms with van der Waals surface area (Å²) in [7, 11) is 0. The van der Waals surface area contributed by atoms with E-state index < -0.39 is 11.9 Å². The van der Waals surface area contributed by atoms with Gasteiger partial charge in [-0.15, -0.1) is 0 Å². The highest BCUT2D eigenvalue weighted by atomic mass is 79.9. The molecule has 0 heterocycles. The molecular weight excluding hydrogens is 472 g/mol. The number of carbonyl (C=O) groups is 2. The van der Waals surface area contributed by atoms with Gasteiger partial charge in [0.15, 0.2) is 0 Å². The molecule has 4 rings (SSSR count). The van der Waals surface area contributed by atoms with Crippen molar-refractivity contribution in [3.63, 3.8) is 0 Å². The van der Waals surface area contributed by atoms with Crippen LogP contribution in [0.1, 0.15) is 20.7 Å². The highest BCUT2D eigenvalue weighted by molar-refractivity contribution is 9.11.